The molecule has 0 bridgehead atoms. The number of para-hydroxylation sites is 1. The first-order valence-electron chi connectivity index (χ1n) is 5.75. The fraction of sp³-hybridized carbons (Fsp3) is 0.333. The van der Waals surface area contributed by atoms with Crippen LogP contribution >= 0.6 is 0 Å². The van der Waals surface area contributed by atoms with Crippen LogP contribution in [0.1, 0.15) is 26.6 Å². The molecule has 0 fully saturated rings. The van der Waals surface area contributed by atoms with Crippen LogP contribution in [0.4, 0.5) is 0 Å². The van der Waals surface area contributed by atoms with Gasteiger partial charge in [-0.25, -0.2) is 13.6 Å². The molecule has 0 spiro atoms. The minimum Gasteiger partial charge on any atom is -0.268 e. The zero-order chi connectivity index (χ0) is 14.3. The molecule has 0 aliphatic heterocycles. The molecule has 7 heteroatoms. The number of nitrogens with zero attached hydrogens (tertiary/aromatic N) is 3. The first-order chi connectivity index (χ1) is 8.71. The van der Waals surface area contributed by atoms with Crippen LogP contribution in [0.5, 0.6) is 0 Å². The zero-order valence-electron chi connectivity index (χ0n) is 11.0. The van der Waals surface area contributed by atoms with Gasteiger partial charge in [-0.2, -0.15) is 0 Å². The van der Waals surface area contributed by atoms with E-state index < -0.39 is 10.0 Å². The van der Waals surface area contributed by atoms with Crippen LogP contribution in [0, 0.1) is 0 Å². The van der Waals surface area contributed by atoms with Gasteiger partial charge >= 0.3 is 0 Å². The van der Waals surface area contributed by atoms with Crippen molar-refractivity contribution in [2.24, 2.45) is 5.14 Å². The van der Waals surface area contributed by atoms with E-state index in [1.54, 1.807) is 12.1 Å². The molecule has 0 aliphatic carbocycles. The fourth-order valence-corrected chi connectivity index (χ4v) is 2.35. The molecule has 0 saturated heterocycles. The van der Waals surface area contributed by atoms with Crippen LogP contribution in [0.3, 0.4) is 0 Å². The van der Waals surface area contributed by atoms with E-state index in [2.05, 4.69) is 10.2 Å². The Bertz CT molecular complexity index is 684. The van der Waals surface area contributed by atoms with Gasteiger partial charge < -0.3 is 0 Å². The van der Waals surface area contributed by atoms with E-state index in [0.29, 0.717) is 11.5 Å². The van der Waals surface area contributed by atoms with Crippen molar-refractivity contribution < 1.29 is 8.42 Å². The van der Waals surface area contributed by atoms with Gasteiger partial charge in [-0.3, -0.25) is 4.57 Å². The number of hydrogen-bond donors (Lipinski definition) is 1. The summed E-state index contributed by atoms with van der Waals surface area (Å²) in [5, 5.41) is 12.7. The lowest BCUT2D eigenvalue weighted by atomic mass is 9.95. The Hall–Kier alpha value is -1.73. The van der Waals surface area contributed by atoms with Gasteiger partial charge in [0.05, 0.1) is 0 Å². The van der Waals surface area contributed by atoms with Gasteiger partial charge in [0.15, 0.2) is 0 Å². The summed E-state index contributed by atoms with van der Waals surface area (Å²) in [5.41, 5.74) is 0.313. The largest absolute Gasteiger partial charge is 0.274 e. The SMILES string of the molecule is CC(C)(C)c1nnc(S(N)(=O)=O)n1-c1ccccc1. The van der Waals surface area contributed by atoms with Crippen LogP contribution in [0.25, 0.3) is 5.69 Å². The third-order valence-electron chi connectivity index (χ3n) is 2.57. The maximum atomic E-state index is 11.6. The van der Waals surface area contributed by atoms with Gasteiger partial charge in [0, 0.05) is 11.1 Å². The molecule has 1 aromatic heterocycles. The Morgan fingerprint density at radius 3 is 2.16 bits per heavy atom. The van der Waals surface area contributed by atoms with Gasteiger partial charge in [-0.1, -0.05) is 39.0 Å². The predicted molar refractivity (Wildman–Crippen MR) is 71.4 cm³/mol. The second-order valence-electron chi connectivity index (χ2n) is 5.27. The molecule has 2 rings (SSSR count). The molecule has 0 unspecified atom stereocenters. The summed E-state index contributed by atoms with van der Waals surface area (Å²) < 4.78 is 24.7. The van der Waals surface area contributed by atoms with Crippen molar-refractivity contribution in [3.8, 4) is 5.69 Å². The summed E-state index contributed by atoms with van der Waals surface area (Å²) in [7, 11) is -3.93. The van der Waals surface area contributed by atoms with E-state index in [-0.39, 0.29) is 10.6 Å². The molecule has 0 radical (unpaired) electrons. The number of sulfonamides is 1. The van der Waals surface area contributed by atoms with Crippen LogP contribution in [-0.2, 0) is 15.4 Å². The van der Waals surface area contributed by atoms with Crippen LogP contribution in [0.2, 0.25) is 0 Å². The average Bonchev–Trinajstić information content (AvgIpc) is 2.73. The molecule has 102 valence electrons. The lowest BCUT2D eigenvalue weighted by Crippen LogP contribution is -2.22. The van der Waals surface area contributed by atoms with Crippen molar-refractivity contribution >= 4 is 10.0 Å². The molecular formula is C12H16N4O2S. The molecule has 1 aromatic carbocycles. The van der Waals surface area contributed by atoms with E-state index in [1.807, 2.05) is 39.0 Å². The molecule has 0 atom stereocenters. The Kier molecular flexibility index (Phi) is 3.19. The number of nitrogens with two attached hydrogens (primary N) is 1. The predicted octanol–water partition coefficient (Wildman–Crippen LogP) is 1.21. The van der Waals surface area contributed by atoms with Crippen LogP contribution in [-0.4, -0.2) is 23.2 Å². The molecule has 0 aliphatic rings. The van der Waals surface area contributed by atoms with Crippen molar-refractivity contribution in [2.45, 2.75) is 31.3 Å². The second-order valence-corrected chi connectivity index (χ2v) is 6.73. The standard InChI is InChI=1S/C12H16N4O2S/c1-12(2,3)10-14-15-11(19(13,17)18)16(10)9-7-5-4-6-8-9/h4-8H,1-3H3,(H2,13,17,18). The van der Waals surface area contributed by atoms with Gasteiger partial charge in [-0.15, -0.1) is 10.2 Å². The number of benzene rings is 1. The Morgan fingerprint density at radius 2 is 1.68 bits per heavy atom. The molecule has 2 N–H and O–H groups in total. The number of aromatic nitrogens is 3. The van der Waals surface area contributed by atoms with E-state index in [0.717, 1.165) is 0 Å². The van der Waals surface area contributed by atoms with Crippen molar-refractivity contribution in [2.75, 3.05) is 0 Å². The summed E-state index contributed by atoms with van der Waals surface area (Å²) in [5.74, 6) is 0.544. The van der Waals surface area contributed by atoms with E-state index in [4.69, 9.17) is 5.14 Å². The van der Waals surface area contributed by atoms with Crippen molar-refractivity contribution in [3.05, 3.63) is 36.2 Å². The highest BCUT2D eigenvalue weighted by Gasteiger charge is 2.28. The summed E-state index contributed by atoms with van der Waals surface area (Å²) >= 11 is 0. The summed E-state index contributed by atoms with van der Waals surface area (Å²) in [4.78, 5) is 0. The summed E-state index contributed by atoms with van der Waals surface area (Å²) in [6, 6.07) is 9.05. The van der Waals surface area contributed by atoms with Crippen molar-refractivity contribution in [3.63, 3.8) is 0 Å². The first-order valence-corrected chi connectivity index (χ1v) is 7.30. The number of rotatable bonds is 2. The molecule has 0 saturated carbocycles. The lowest BCUT2D eigenvalue weighted by molar-refractivity contribution is 0.526. The highest BCUT2D eigenvalue weighted by atomic mass is 32.2. The van der Waals surface area contributed by atoms with E-state index >= 15 is 0 Å². The first kappa shape index (κ1) is 13.7. The third-order valence-corrected chi connectivity index (χ3v) is 3.35. The van der Waals surface area contributed by atoms with Crippen molar-refractivity contribution in [1.29, 1.82) is 0 Å². The molecule has 6 nitrogen and oxygen atoms in total. The van der Waals surface area contributed by atoms with Gasteiger partial charge in [-0.05, 0) is 12.1 Å². The minimum absolute atomic E-state index is 0.247. The third kappa shape index (κ3) is 2.66. The zero-order valence-corrected chi connectivity index (χ0v) is 11.8. The number of primary sulfonamides is 1. The highest BCUT2D eigenvalue weighted by molar-refractivity contribution is 7.89. The number of hydrogen-bond acceptors (Lipinski definition) is 4. The topological polar surface area (TPSA) is 90.9 Å². The second kappa shape index (κ2) is 4.43. The highest BCUT2D eigenvalue weighted by Crippen LogP contribution is 2.25. The molecule has 19 heavy (non-hydrogen) atoms. The normalized spacial score (nSPS) is 12.6. The maximum absolute atomic E-state index is 11.6. The average molecular weight is 280 g/mol. The van der Waals surface area contributed by atoms with Gasteiger partial charge in [0.2, 0.25) is 0 Å². The quantitative estimate of drug-likeness (QED) is 0.895. The summed E-state index contributed by atoms with van der Waals surface area (Å²) in [6.07, 6.45) is 0. The summed E-state index contributed by atoms with van der Waals surface area (Å²) in [6.45, 7) is 5.80. The molecule has 1 heterocycles. The van der Waals surface area contributed by atoms with E-state index in [9.17, 15) is 8.42 Å². The van der Waals surface area contributed by atoms with Crippen LogP contribution in [0.15, 0.2) is 35.5 Å². The lowest BCUT2D eigenvalue weighted by Gasteiger charge is -2.19. The fourth-order valence-electron chi connectivity index (χ4n) is 1.75. The Labute approximate surface area is 112 Å². The molecule has 0 amide bonds. The minimum atomic E-state index is -3.93. The van der Waals surface area contributed by atoms with Gasteiger partial charge in [0.1, 0.15) is 5.82 Å². The van der Waals surface area contributed by atoms with Crippen molar-refractivity contribution in [1.82, 2.24) is 14.8 Å². The van der Waals surface area contributed by atoms with Gasteiger partial charge in [0.25, 0.3) is 15.2 Å². The maximum Gasteiger partial charge on any atom is 0.274 e. The van der Waals surface area contributed by atoms with Crippen LogP contribution < -0.4 is 5.14 Å². The van der Waals surface area contributed by atoms with E-state index in [1.165, 1.54) is 4.57 Å². The smallest absolute Gasteiger partial charge is 0.268 e. The molecule has 2 aromatic rings. The Morgan fingerprint density at radius 1 is 1.11 bits per heavy atom. The Balaban J connectivity index is 2.79. The monoisotopic (exact) mass is 280 g/mol. The molecular weight excluding hydrogens is 264 g/mol.